The van der Waals surface area contributed by atoms with E-state index in [1.807, 2.05) is 12.3 Å². The first-order valence-electron chi connectivity index (χ1n) is 2.92. The zero-order valence-electron chi connectivity index (χ0n) is 5.55. The van der Waals surface area contributed by atoms with Crippen LogP contribution in [0.3, 0.4) is 0 Å². The van der Waals surface area contributed by atoms with Crippen LogP contribution < -0.4 is 17.0 Å². The summed E-state index contributed by atoms with van der Waals surface area (Å²) in [5, 5.41) is 0. The second kappa shape index (κ2) is 4.29. The van der Waals surface area contributed by atoms with Gasteiger partial charge in [0, 0.05) is 12.5 Å². The van der Waals surface area contributed by atoms with Crippen LogP contribution in [0.25, 0.3) is 0 Å². The Morgan fingerprint density at radius 1 is 1.78 bits per heavy atom. The van der Waals surface area contributed by atoms with E-state index in [9.17, 15) is 4.79 Å². The van der Waals surface area contributed by atoms with Gasteiger partial charge in [-0.2, -0.15) is 0 Å². The Kier molecular flexibility index (Phi) is 4.00. The first-order chi connectivity index (χ1) is 4.16. The third kappa shape index (κ3) is 5.26. The third-order valence-electron chi connectivity index (χ3n) is 0.988. The maximum atomic E-state index is 10.4. The van der Waals surface area contributed by atoms with Crippen molar-refractivity contribution in [2.24, 2.45) is 11.6 Å². The van der Waals surface area contributed by atoms with E-state index in [0.717, 1.165) is 0 Å². The normalized spacial score (nSPS) is 12.8. The highest BCUT2D eigenvalue weighted by Crippen LogP contribution is 1.90. The highest BCUT2D eigenvalue weighted by molar-refractivity contribution is 5.75. The number of nitrogens with two attached hydrogens (primary N) is 2. The SMILES string of the molecule is CC(N)CCC(=O)NN. The molecule has 0 saturated heterocycles. The number of hydrogen-bond donors (Lipinski definition) is 3. The highest BCUT2D eigenvalue weighted by atomic mass is 16.2. The highest BCUT2D eigenvalue weighted by Gasteiger charge is 1.99. The van der Waals surface area contributed by atoms with Gasteiger partial charge in [-0.15, -0.1) is 0 Å². The fourth-order valence-corrected chi connectivity index (χ4v) is 0.431. The average Bonchev–Trinajstić information content (AvgIpc) is 1.83. The Labute approximate surface area is 54.6 Å². The first kappa shape index (κ1) is 8.39. The minimum absolute atomic E-state index is 0.0716. The number of hydrogen-bond acceptors (Lipinski definition) is 3. The molecule has 0 aliphatic carbocycles. The molecular formula is C5H13N3O. The molecule has 1 atom stereocenters. The zero-order chi connectivity index (χ0) is 7.28. The summed E-state index contributed by atoms with van der Waals surface area (Å²) in [5.74, 6) is 4.66. The summed E-state index contributed by atoms with van der Waals surface area (Å²) in [6.07, 6.45) is 1.09. The smallest absolute Gasteiger partial charge is 0.233 e. The van der Waals surface area contributed by atoms with Gasteiger partial charge >= 0.3 is 0 Å². The van der Waals surface area contributed by atoms with Gasteiger partial charge in [0.1, 0.15) is 0 Å². The van der Waals surface area contributed by atoms with Crippen molar-refractivity contribution >= 4 is 5.91 Å². The summed E-state index contributed by atoms with van der Waals surface area (Å²) in [7, 11) is 0. The first-order valence-corrected chi connectivity index (χ1v) is 2.92. The lowest BCUT2D eigenvalue weighted by Gasteiger charge is -2.01. The summed E-state index contributed by atoms with van der Waals surface area (Å²) < 4.78 is 0. The van der Waals surface area contributed by atoms with Gasteiger partial charge < -0.3 is 5.73 Å². The molecule has 0 aliphatic rings. The van der Waals surface area contributed by atoms with E-state index in [-0.39, 0.29) is 11.9 Å². The van der Waals surface area contributed by atoms with Gasteiger partial charge in [0.2, 0.25) is 5.91 Å². The van der Waals surface area contributed by atoms with Gasteiger partial charge in [-0.1, -0.05) is 0 Å². The van der Waals surface area contributed by atoms with Crippen LogP contribution in [-0.4, -0.2) is 11.9 Å². The van der Waals surface area contributed by atoms with Crippen molar-refractivity contribution in [3.63, 3.8) is 0 Å². The molecule has 9 heavy (non-hydrogen) atoms. The molecule has 0 rings (SSSR count). The topological polar surface area (TPSA) is 81.1 Å². The van der Waals surface area contributed by atoms with Crippen LogP contribution in [0, 0.1) is 0 Å². The van der Waals surface area contributed by atoms with Crippen LogP contribution in [0.15, 0.2) is 0 Å². The van der Waals surface area contributed by atoms with E-state index < -0.39 is 0 Å². The molecule has 0 aromatic carbocycles. The van der Waals surface area contributed by atoms with E-state index in [2.05, 4.69) is 0 Å². The Morgan fingerprint density at radius 2 is 2.33 bits per heavy atom. The van der Waals surface area contributed by atoms with Crippen molar-refractivity contribution < 1.29 is 4.79 Å². The minimum atomic E-state index is -0.160. The number of carbonyl (C=O) groups is 1. The second-order valence-electron chi connectivity index (χ2n) is 2.08. The van der Waals surface area contributed by atoms with Gasteiger partial charge in [-0.05, 0) is 13.3 Å². The summed E-state index contributed by atoms with van der Waals surface area (Å²) >= 11 is 0. The standard InChI is InChI=1S/C5H13N3O/c1-4(6)2-3-5(9)8-7/h4H,2-3,6-7H2,1H3,(H,8,9). The quantitative estimate of drug-likeness (QED) is 0.264. The van der Waals surface area contributed by atoms with Gasteiger partial charge in [-0.3, -0.25) is 10.2 Å². The van der Waals surface area contributed by atoms with Crippen LogP contribution in [0.4, 0.5) is 0 Å². The molecule has 0 heterocycles. The van der Waals surface area contributed by atoms with E-state index in [4.69, 9.17) is 11.6 Å². The molecule has 0 aromatic rings. The van der Waals surface area contributed by atoms with Gasteiger partial charge in [0.05, 0.1) is 0 Å². The van der Waals surface area contributed by atoms with Crippen LogP contribution in [0.1, 0.15) is 19.8 Å². The average molecular weight is 131 g/mol. The molecule has 0 spiro atoms. The summed E-state index contributed by atoms with van der Waals surface area (Å²) in [4.78, 5) is 10.4. The van der Waals surface area contributed by atoms with Gasteiger partial charge in [0.25, 0.3) is 0 Å². The monoisotopic (exact) mass is 131 g/mol. The fourth-order valence-electron chi connectivity index (χ4n) is 0.431. The van der Waals surface area contributed by atoms with E-state index in [0.29, 0.717) is 12.8 Å². The molecule has 0 aromatic heterocycles. The number of hydrazine groups is 1. The van der Waals surface area contributed by atoms with E-state index in [1.165, 1.54) is 0 Å². The minimum Gasteiger partial charge on any atom is -0.328 e. The van der Waals surface area contributed by atoms with Gasteiger partial charge in [0.15, 0.2) is 0 Å². The molecule has 0 aliphatic heterocycles. The van der Waals surface area contributed by atoms with Crippen molar-refractivity contribution in [2.45, 2.75) is 25.8 Å². The molecular weight excluding hydrogens is 118 g/mol. The second-order valence-corrected chi connectivity index (χ2v) is 2.08. The summed E-state index contributed by atoms with van der Waals surface area (Å²) in [6, 6.07) is 0.0716. The molecule has 0 fully saturated rings. The Bertz CT molecular complexity index is 92.2. The third-order valence-corrected chi connectivity index (χ3v) is 0.988. The Balaban J connectivity index is 3.17. The van der Waals surface area contributed by atoms with E-state index in [1.54, 1.807) is 0 Å². The number of amides is 1. The molecule has 0 saturated carbocycles. The predicted octanol–water partition coefficient (Wildman–Crippen LogP) is -0.896. The van der Waals surface area contributed by atoms with Crippen LogP contribution in [-0.2, 0) is 4.79 Å². The summed E-state index contributed by atoms with van der Waals surface area (Å²) in [5.41, 5.74) is 7.40. The molecule has 5 N–H and O–H groups in total. The lowest BCUT2D eigenvalue weighted by atomic mass is 10.2. The molecule has 4 heteroatoms. The summed E-state index contributed by atoms with van der Waals surface area (Å²) in [6.45, 7) is 1.85. The maximum Gasteiger partial charge on any atom is 0.233 e. The maximum absolute atomic E-state index is 10.4. The van der Waals surface area contributed by atoms with Crippen molar-refractivity contribution in [2.75, 3.05) is 0 Å². The molecule has 1 amide bonds. The Hall–Kier alpha value is -0.610. The fraction of sp³-hybridized carbons (Fsp3) is 0.800. The lowest BCUT2D eigenvalue weighted by Crippen LogP contribution is -2.31. The van der Waals surface area contributed by atoms with Crippen LogP contribution >= 0.6 is 0 Å². The van der Waals surface area contributed by atoms with Crippen molar-refractivity contribution in [3.8, 4) is 0 Å². The number of carbonyl (C=O) groups excluding carboxylic acids is 1. The number of nitrogens with one attached hydrogen (secondary N) is 1. The Morgan fingerprint density at radius 3 is 2.67 bits per heavy atom. The molecule has 1 unspecified atom stereocenters. The lowest BCUT2D eigenvalue weighted by molar-refractivity contribution is -0.121. The molecule has 0 bridgehead atoms. The van der Waals surface area contributed by atoms with E-state index >= 15 is 0 Å². The molecule has 0 radical (unpaired) electrons. The van der Waals surface area contributed by atoms with Crippen molar-refractivity contribution in [3.05, 3.63) is 0 Å². The predicted molar refractivity (Wildman–Crippen MR) is 35.2 cm³/mol. The van der Waals surface area contributed by atoms with Crippen LogP contribution in [0.2, 0.25) is 0 Å². The molecule has 4 nitrogen and oxygen atoms in total. The largest absolute Gasteiger partial charge is 0.328 e. The number of rotatable bonds is 3. The zero-order valence-corrected chi connectivity index (χ0v) is 5.55. The van der Waals surface area contributed by atoms with Crippen molar-refractivity contribution in [1.82, 2.24) is 5.43 Å². The van der Waals surface area contributed by atoms with Crippen LogP contribution in [0.5, 0.6) is 0 Å². The molecule has 54 valence electrons. The van der Waals surface area contributed by atoms with Gasteiger partial charge in [-0.25, -0.2) is 5.84 Å². The van der Waals surface area contributed by atoms with Crippen molar-refractivity contribution in [1.29, 1.82) is 0 Å².